The second kappa shape index (κ2) is 6.26. The molecule has 1 saturated heterocycles. The first-order chi connectivity index (χ1) is 9.08. The molecule has 1 aromatic rings. The molecule has 1 aromatic carbocycles. The molecule has 1 unspecified atom stereocenters. The molecule has 0 bridgehead atoms. The lowest BCUT2D eigenvalue weighted by Gasteiger charge is -2.27. The highest BCUT2D eigenvalue weighted by Crippen LogP contribution is 2.26. The monoisotopic (exact) mass is 283 g/mol. The number of halogens is 1. The minimum absolute atomic E-state index is 0.165. The van der Waals surface area contributed by atoms with Crippen LogP contribution in [0.3, 0.4) is 0 Å². The topological polar surface area (TPSA) is 60.8 Å². The molecular weight excluding hydrogens is 266 g/mol. The normalized spacial score (nSPS) is 21.0. The molecule has 0 aromatic heterocycles. The van der Waals surface area contributed by atoms with Gasteiger partial charge in [-0.15, -0.1) is 0 Å². The zero-order chi connectivity index (χ0) is 13.8. The minimum Gasteiger partial charge on any atom is -0.508 e. The maximum atomic E-state index is 11.3. The Labute approximate surface area is 117 Å². The van der Waals surface area contributed by atoms with Crippen molar-refractivity contribution in [2.24, 2.45) is 0 Å². The molecule has 2 N–H and O–H groups in total. The van der Waals surface area contributed by atoms with E-state index in [4.69, 9.17) is 11.6 Å². The number of likely N-dealkylation sites (tertiary alicyclic amines) is 1. The van der Waals surface area contributed by atoms with Crippen LogP contribution in [0.15, 0.2) is 18.2 Å². The fraction of sp³-hybridized carbons (Fsp3) is 0.500. The molecule has 4 nitrogen and oxygen atoms in total. The first kappa shape index (κ1) is 14.2. The Kier molecular flexibility index (Phi) is 4.66. The van der Waals surface area contributed by atoms with Crippen LogP contribution in [-0.2, 0) is 11.3 Å². The van der Waals surface area contributed by atoms with Gasteiger partial charge in [0.15, 0.2) is 0 Å². The number of rotatable bonds is 3. The van der Waals surface area contributed by atoms with Crippen molar-refractivity contribution >= 4 is 17.6 Å². The summed E-state index contributed by atoms with van der Waals surface area (Å²) in [6, 6.07) is 4.39. The number of phenolic OH excluding ortho intramolecular Hbond substituents is 1. The molecule has 1 aliphatic heterocycles. The van der Waals surface area contributed by atoms with Crippen molar-refractivity contribution in [3.8, 4) is 5.75 Å². The van der Waals surface area contributed by atoms with Crippen LogP contribution >= 0.6 is 11.6 Å². The number of carboxylic acids is 1. The van der Waals surface area contributed by atoms with Crippen LogP contribution in [0.5, 0.6) is 5.75 Å². The van der Waals surface area contributed by atoms with Crippen molar-refractivity contribution in [2.45, 2.75) is 38.3 Å². The molecular formula is C14H18ClNO3. The van der Waals surface area contributed by atoms with E-state index in [9.17, 15) is 15.0 Å². The number of benzene rings is 1. The summed E-state index contributed by atoms with van der Waals surface area (Å²) in [5.41, 5.74) is 0.681. The lowest BCUT2D eigenvalue weighted by molar-refractivity contribution is -0.143. The summed E-state index contributed by atoms with van der Waals surface area (Å²) < 4.78 is 0. The van der Waals surface area contributed by atoms with E-state index in [1.807, 2.05) is 4.90 Å². The molecule has 1 fully saturated rings. The second-order valence-electron chi connectivity index (χ2n) is 4.95. The van der Waals surface area contributed by atoms with Gasteiger partial charge in [0, 0.05) is 17.1 Å². The number of nitrogens with zero attached hydrogens (tertiary/aromatic N) is 1. The SMILES string of the molecule is O=C(O)C1CCCCCN1Cc1cc(Cl)ccc1O. The largest absolute Gasteiger partial charge is 0.508 e. The molecule has 1 heterocycles. The van der Waals surface area contributed by atoms with Gasteiger partial charge in [-0.3, -0.25) is 9.69 Å². The van der Waals surface area contributed by atoms with Gasteiger partial charge in [-0.1, -0.05) is 24.4 Å². The molecule has 1 atom stereocenters. The van der Waals surface area contributed by atoms with E-state index in [-0.39, 0.29) is 5.75 Å². The van der Waals surface area contributed by atoms with Crippen LogP contribution in [0.1, 0.15) is 31.2 Å². The van der Waals surface area contributed by atoms with Crippen molar-refractivity contribution in [2.75, 3.05) is 6.54 Å². The Morgan fingerprint density at radius 1 is 1.37 bits per heavy atom. The van der Waals surface area contributed by atoms with E-state index in [0.29, 0.717) is 23.6 Å². The first-order valence-corrected chi connectivity index (χ1v) is 6.90. The molecule has 19 heavy (non-hydrogen) atoms. The van der Waals surface area contributed by atoms with Crippen LogP contribution in [-0.4, -0.2) is 33.7 Å². The summed E-state index contributed by atoms with van der Waals surface area (Å²) in [5, 5.41) is 19.7. The highest BCUT2D eigenvalue weighted by molar-refractivity contribution is 6.30. The molecule has 0 amide bonds. The fourth-order valence-corrected chi connectivity index (χ4v) is 2.73. The molecule has 5 heteroatoms. The molecule has 0 radical (unpaired) electrons. The van der Waals surface area contributed by atoms with E-state index in [1.165, 1.54) is 0 Å². The van der Waals surface area contributed by atoms with E-state index in [0.717, 1.165) is 25.8 Å². The van der Waals surface area contributed by atoms with Gasteiger partial charge in [-0.05, 0) is 37.6 Å². The molecule has 2 rings (SSSR count). The number of carbonyl (C=O) groups is 1. The van der Waals surface area contributed by atoms with Gasteiger partial charge >= 0.3 is 5.97 Å². The van der Waals surface area contributed by atoms with Gasteiger partial charge < -0.3 is 10.2 Å². The third-order valence-corrected chi connectivity index (χ3v) is 3.80. The van der Waals surface area contributed by atoms with Gasteiger partial charge in [-0.2, -0.15) is 0 Å². The van der Waals surface area contributed by atoms with Crippen molar-refractivity contribution in [1.82, 2.24) is 4.90 Å². The Bertz CT molecular complexity index is 464. The summed E-state index contributed by atoms with van der Waals surface area (Å²) in [5.74, 6) is -0.624. The van der Waals surface area contributed by atoms with Crippen LogP contribution in [0.4, 0.5) is 0 Å². The number of aromatic hydroxyl groups is 1. The van der Waals surface area contributed by atoms with E-state index in [1.54, 1.807) is 18.2 Å². The van der Waals surface area contributed by atoms with E-state index in [2.05, 4.69) is 0 Å². The first-order valence-electron chi connectivity index (χ1n) is 6.52. The zero-order valence-electron chi connectivity index (χ0n) is 10.7. The second-order valence-corrected chi connectivity index (χ2v) is 5.38. The van der Waals surface area contributed by atoms with E-state index >= 15 is 0 Å². The zero-order valence-corrected chi connectivity index (χ0v) is 11.4. The standard InChI is InChI=1S/C14H18ClNO3/c15-11-5-6-13(17)10(8-11)9-16-7-3-1-2-4-12(16)14(18)19/h5-6,8,12,17H,1-4,7,9H2,(H,18,19). The summed E-state index contributed by atoms with van der Waals surface area (Å²) in [6.45, 7) is 1.16. The molecule has 0 spiro atoms. The minimum atomic E-state index is -0.789. The fourth-order valence-electron chi connectivity index (χ4n) is 2.54. The lowest BCUT2D eigenvalue weighted by atomic mass is 10.1. The van der Waals surface area contributed by atoms with Crippen molar-refractivity contribution in [3.05, 3.63) is 28.8 Å². The van der Waals surface area contributed by atoms with Gasteiger partial charge in [0.05, 0.1) is 0 Å². The average molecular weight is 284 g/mol. The summed E-state index contributed by atoms with van der Waals surface area (Å²) in [6.07, 6.45) is 3.65. The maximum absolute atomic E-state index is 11.3. The number of hydrogen-bond donors (Lipinski definition) is 2. The third kappa shape index (κ3) is 3.61. The van der Waals surface area contributed by atoms with Crippen LogP contribution in [0, 0.1) is 0 Å². The average Bonchev–Trinajstić information content (AvgIpc) is 2.59. The highest BCUT2D eigenvalue weighted by atomic mass is 35.5. The number of hydrogen-bond acceptors (Lipinski definition) is 3. The van der Waals surface area contributed by atoms with Gasteiger partial charge in [0.25, 0.3) is 0 Å². The van der Waals surface area contributed by atoms with E-state index < -0.39 is 12.0 Å². The predicted octanol–water partition coefficient (Wildman–Crippen LogP) is 2.87. The Hall–Kier alpha value is -1.26. The predicted molar refractivity (Wildman–Crippen MR) is 73.4 cm³/mol. The Morgan fingerprint density at radius 2 is 2.16 bits per heavy atom. The van der Waals surface area contributed by atoms with Crippen LogP contribution in [0.25, 0.3) is 0 Å². The molecule has 1 aliphatic rings. The summed E-state index contributed by atoms with van der Waals surface area (Å²) in [4.78, 5) is 13.2. The van der Waals surface area contributed by atoms with Gasteiger partial charge in [0.1, 0.15) is 11.8 Å². The molecule has 104 valence electrons. The smallest absolute Gasteiger partial charge is 0.320 e. The van der Waals surface area contributed by atoms with Crippen molar-refractivity contribution in [1.29, 1.82) is 0 Å². The third-order valence-electron chi connectivity index (χ3n) is 3.56. The number of phenols is 1. The van der Waals surface area contributed by atoms with Crippen LogP contribution < -0.4 is 0 Å². The van der Waals surface area contributed by atoms with Gasteiger partial charge in [0.2, 0.25) is 0 Å². The summed E-state index contributed by atoms with van der Waals surface area (Å²) in [7, 11) is 0. The van der Waals surface area contributed by atoms with Crippen molar-refractivity contribution < 1.29 is 15.0 Å². The Balaban J connectivity index is 2.18. The number of carboxylic acid groups (broad SMARTS) is 1. The molecule has 0 aliphatic carbocycles. The van der Waals surface area contributed by atoms with Gasteiger partial charge in [-0.25, -0.2) is 0 Å². The maximum Gasteiger partial charge on any atom is 0.320 e. The van der Waals surface area contributed by atoms with Crippen molar-refractivity contribution in [3.63, 3.8) is 0 Å². The molecule has 0 saturated carbocycles. The lowest BCUT2D eigenvalue weighted by Crippen LogP contribution is -2.40. The summed E-state index contributed by atoms with van der Waals surface area (Å²) >= 11 is 5.92. The number of aliphatic carboxylic acids is 1. The highest BCUT2D eigenvalue weighted by Gasteiger charge is 2.27. The quantitative estimate of drug-likeness (QED) is 0.895. The van der Waals surface area contributed by atoms with Crippen LogP contribution in [0.2, 0.25) is 5.02 Å². The Morgan fingerprint density at radius 3 is 2.89 bits per heavy atom.